The van der Waals surface area contributed by atoms with Gasteiger partial charge in [0.1, 0.15) is 12.4 Å². The van der Waals surface area contributed by atoms with Crippen molar-refractivity contribution < 1.29 is 36.4 Å². The Hall–Kier alpha value is -1.22. The minimum Gasteiger partial charge on any atom is -0.469 e. The zero-order chi connectivity index (χ0) is 16.0. The summed E-state index contributed by atoms with van der Waals surface area (Å²) in [6, 6.07) is 0. The molecule has 0 aromatic rings. The smallest absolute Gasteiger partial charge is 0.309 e. The summed E-state index contributed by atoms with van der Waals surface area (Å²) in [5.41, 5.74) is 0. The van der Waals surface area contributed by atoms with Crippen molar-refractivity contribution in [2.45, 2.75) is 31.9 Å². The number of ether oxygens (including phenoxy) is 2. The molecular weight excluding hydrogens is 307 g/mol. The van der Waals surface area contributed by atoms with Gasteiger partial charge in [0, 0.05) is 0 Å². The zero-order valence-electron chi connectivity index (χ0n) is 11.7. The van der Waals surface area contributed by atoms with Gasteiger partial charge in [0.2, 0.25) is 0 Å². The summed E-state index contributed by atoms with van der Waals surface area (Å²) in [4.78, 5) is 23.5. The first-order valence-corrected chi connectivity index (χ1v) is 8.19. The molecule has 0 aromatic carbocycles. The maximum atomic E-state index is 13.2. The fraction of sp³-hybridized carbons (Fsp3) is 0.833. The molecule has 0 amide bonds. The van der Waals surface area contributed by atoms with Crippen molar-refractivity contribution >= 4 is 22.1 Å². The fourth-order valence-electron chi connectivity index (χ4n) is 2.40. The summed E-state index contributed by atoms with van der Waals surface area (Å²) in [5, 5.41) is 0. The number of hydrogen-bond acceptors (Lipinski definition) is 6. The Morgan fingerprint density at radius 1 is 1.24 bits per heavy atom. The molecule has 1 aliphatic rings. The third-order valence-electron chi connectivity index (χ3n) is 3.37. The Kier molecular flexibility index (Phi) is 6.53. The third kappa shape index (κ3) is 5.96. The topological polar surface area (TPSA) is 107 Å². The van der Waals surface area contributed by atoms with Gasteiger partial charge in [-0.15, -0.1) is 0 Å². The SMILES string of the molecule is COC(=O)C1CCCCC1C(=O)OCC(F)CS(=O)(=O)O. The second-order valence-electron chi connectivity index (χ2n) is 5.00. The minimum absolute atomic E-state index is 0.438. The van der Waals surface area contributed by atoms with E-state index >= 15 is 0 Å². The molecule has 122 valence electrons. The molecular formula is C12H19FO7S. The lowest BCUT2D eigenvalue weighted by Crippen LogP contribution is -2.35. The van der Waals surface area contributed by atoms with Gasteiger partial charge >= 0.3 is 11.9 Å². The number of halogens is 1. The highest BCUT2D eigenvalue weighted by Crippen LogP contribution is 2.31. The van der Waals surface area contributed by atoms with Gasteiger partial charge in [0.05, 0.1) is 18.9 Å². The van der Waals surface area contributed by atoms with Crippen molar-refractivity contribution in [3.8, 4) is 0 Å². The van der Waals surface area contributed by atoms with Crippen molar-refractivity contribution in [2.75, 3.05) is 19.5 Å². The average Bonchev–Trinajstić information content (AvgIpc) is 2.42. The Bertz CT molecular complexity index is 476. The van der Waals surface area contributed by atoms with Crippen molar-refractivity contribution in [1.82, 2.24) is 0 Å². The van der Waals surface area contributed by atoms with Crippen molar-refractivity contribution in [3.05, 3.63) is 0 Å². The Balaban J connectivity index is 2.54. The summed E-state index contributed by atoms with van der Waals surface area (Å²) in [6.07, 6.45) is 0.462. The quantitative estimate of drug-likeness (QED) is 0.566. The van der Waals surface area contributed by atoms with E-state index in [1.807, 2.05) is 0 Å². The van der Waals surface area contributed by atoms with Gasteiger partial charge in [-0.05, 0) is 12.8 Å². The van der Waals surface area contributed by atoms with Crippen LogP contribution < -0.4 is 0 Å². The third-order valence-corrected chi connectivity index (χ3v) is 4.15. The summed E-state index contributed by atoms with van der Waals surface area (Å²) >= 11 is 0. The molecule has 9 heteroatoms. The standard InChI is InChI=1S/C12H19FO7S/c1-19-11(14)9-4-2-3-5-10(9)12(15)20-6-8(13)7-21(16,17)18/h8-10H,2-7H2,1H3,(H,16,17,18). The van der Waals surface area contributed by atoms with Crippen LogP contribution in [-0.4, -0.2) is 50.6 Å². The van der Waals surface area contributed by atoms with Crippen LogP contribution in [0.5, 0.6) is 0 Å². The lowest BCUT2D eigenvalue weighted by atomic mass is 9.79. The highest BCUT2D eigenvalue weighted by molar-refractivity contribution is 7.85. The predicted octanol–water partition coefficient (Wildman–Crippen LogP) is 0.735. The molecule has 0 heterocycles. The molecule has 0 bridgehead atoms. The first-order chi connectivity index (χ1) is 9.74. The Morgan fingerprint density at radius 2 is 1.76 bits per heavy atom. The number of rotatable bonds is 6. The molecule has 0 radical (unpaired) electrons. The first kappa shape index (κ1) is 17.8. The van der Waals surface area contributed by atoms with E-state index in [-0.39, 0.29) is 0 Å². The molecule has 21 heavy (non-hydrogen) atoms. The van der Waals surface area contributed by atoms with Gasteiger partial charge in [0.15, 0.2) is 6.17 Å². The molecule has 0 saturated heterocycles. The number of esters is 2. The molecule has 1 fully saturated rings. The molecule has 0 spiro atoms. The lowest BCUT2D eigenvalue weighted by molar-refractivity contribution is -0.162. The van der Waals surface area contributed by atoms with Crippen LogP contribution >= 0.6 is 0 Å². The van der Waals surface area contributed by atoms with Crippen LogP contribution in [0.25, 0.3) is 0 Å². The lowest BCUT2D eigenvalue weighted by Gasteiger charge is -2.27. The summed E-state index contributed by atoms with van der Waals surface area (Å²) in [6.45, 7) is -0.775. The molecule has 1 rings (SSSR count). The number of carbonyl (C=O) groups is 2. The van der Waals surface area contributed by atoms with E-state index in [2.05, 4.69) is 4.74 Å². The number of alkyl halides is 1. The van der Waals surface area contributed by atoms with Gasteiger partial charge < -0.3 is 9.47 Å². The van der Waals surface area contributed by atoms with Gasteiger partial charge in [-0.1, -0.05) is 12.8 Å². The van der Waals surface area contributed by atoms with E-state index < -0.39 is 52.4 Å². The van der Waals surface area contributed by atoms with Gasteiger partial charge in [-0.25, -0.2) is 4.39 Å². The first-order valence-electron chi connectivity index (χ1n) is 6.58. The van der Waals surface area contributed by atoms with E-state index in [0.717, 1.165) is 12.8 Å². The predicted molar refractivity (Wildman–Crippen MR) is 69.7 cm³/mol. The number of methoxy groups -OCH3 is 1. The van der Waals surface area contributed by atoms with Gasteiger partial charge in [0.25, 0.3) is 10.1 Å². The summed E-state index contributed by atoms with van der Waals surface area (Å²) in [5.74, 6) is -3.71. The Labute approximate surface area is 122 Å². The van der Waals surface area contributed by atoms with E-state index in [9.17, 15) is 22.4 Å². The molecule has 3 unspecified atom stereocenters. The number of hydrogen-bond donors (Lipinski definition) is 1. The maximum absolute atomic E-state index is 13.2. The van der Waals surface area contributed by atoms with E-state index in [1.54, 1.807) is 0 Å². The monoisotopic (exact) mass is 326 g/mol. The normalized spacial score (nSPS) is 24.1. The molecule has 7 nitrogen and oxygen atoms in total. The highest BCUT2D eigenvalue weighted by Gasteiger charge is 2.37. The Morgan fingerprint density at radius 3 is 2.24 bits per heavy atom. The highest BCUT2D eigenvalue weighted by atomic mass is 32.2. The summed E-state index contributed by atoms with van der Waals surface area (Å²) in [7, 11) is -3.24. The van der Waals surface area contributed by atoms with Crippen LogP contribution in [-0.2, 0) is 29.2 Å². The van der Waals surface area contributed by atoms with Crippen molar-refractivity contribution in [1.29, 1.82) is 0 Å². The van der Waals surface area contributed by atoms with Crippen LogP contribution in [0.4, 0.5) is 4.39 Å². The van der Waals surface area contributed by atoms with Gasteiger partial charge in [-0.3, -0.25) is 14.1 Å². The minimum atomic E-state index is -4.46. The van der Waals surface area contributed by atoms with Crippen LogP contribution in [0, 0.1) is 11.8 Å². The van der Waals surface area contributed by atoms with Crippen LogP contribution in [0.3, 0.4) is 0 Å². The van der Waals surface area contributed by atoms with Gasteiger partial charge in [-0.2, -0.15) is 8.42 Å². The van der Waals surface area contributed by atoms with Crippen molar-refractivity contribution in [3.63, 3.8) is 0 Å². The summed E-state index contributed by atoms with van der Waals surface area (Å²) < 4.78 is 52.0. The molecule has 0 aliphatic heterocycles. The maximum Gasteiger partial charge on any atom is 0.309 e. The van der Waals surface area contributed by atoms with Crippen LogP contribution in [0.15, 0.2) is 0 Å². The zero-order valence-corrected chi connectivity index (χ0v) is 12.5. The van der Waals surface area contributed by atoms with Crippen LogP contribution in [0.1, 0.15) is 25.7 Å². The van der Waals surface area contributed by atoms with E-state index in [4.69, 9.17) is 9.29 Å². The largest absolute Gasteiger partial charge is 0.469 e. The second-order valence-corrected chi connectivity index (χ2v) is 6.49. The van der Waals surface area contributed by atoms with E-state index in [0.29, 0.717) is 12.8 Å². The molecule has 0 aromatic heterocycles. The van der Waals surface area contributed by atoms with Crippen LogP contribution in [0.2, 0.25) is 0 Å². The average molecular weight is 326 g/mol. The molecule has 1 aliphatic carbocycles. The molecule has 3 atom stereocenters. The van der Waals surface area contributed by atoms with Crippen molar-refractivity contribution in [2.24, 2.45) is 11.8 Å². The number of carbonyl (C=O) groups excluding carboxylic acids is 2. The van der Waals surface area contributed by atoms with E-state index in [1.165, 1.54) is 7.11 Å². The fourth-order valence-corrected chi connectivity index (χ4v) is 2.96. The molecule has 1 N–H and O–H groups in total. The second kappa shape index (κ2) is 7.69. The molecule has 1 saturated carbocycles.